The highest BCUT2D eigenvalue weighted by Crippen LogP contribution is 2.40. The minimum atomic E-state index is 0.426. The third kappa shape index (κ3) is 5.44. The fourth-order valence-electron chi connectivity index (χ4n) is 4.65. The Morgan fingerprint density at radius 1 is 1.00 bits per heavy atom. The van der Waals surface area contributed by atoms with E-state index in [1.54, 1.807) is 0 Å². The Bertz CT molecular complexity index is 1000. The van der Waals surface area contributed by atoms with Crippen LogP contribution in [-0.2, 0) is 0 Å². The fraction of sp³-hybridized carbons (Fsp3) is 0.385. The number of rotatable bonds is 6. The maximum Gasteiger partial charge on any atom is 0.250 e. The third-order valence-corrected chi connectivity index (χ3v) is 6.55. The standard InChI is InChI=1S/C26H30ClN3O/c1-18-4-9-22(10-5-18)26-28-24(31-29-26)17-8-19-6-11-20(12-7-19)25(30(2)3)21-13-15-23(27)16-14-21/h4-5,8-10,13-17,19-20,25H,6-7,11-12H2,1-3H3. The summed E-state index contributed by atoms with van der Waals surface area (Å²) in [6.07, 6.45) is 9.00. The molecule has 4 rings (SSSR count). The van der Waals surface area contributed by atoms with E-state index in [-0.39, 0.29) is 0 Å². The minimum absolute atomic E-state index is 0.426. The lowest BCUT2D eigenvalue weighted by Gasteiger charge is -2.37. The molecule has 0 aliphatic heterocycles. The van der Waals surface area contributed by atoms with Crippen LogP contribution in [0, 0.1) is 18.8 Å². The topological polar surface area (TPSA) is 42.2 Å². The molecule has 1 unspecified atom stereocenters. The summed E-state index contributed by atoms with van der Waals surface area (Å²) in [5, 5.41) is 4.92. The number of hydrogen-bond donors (Lipinski definition) is 0. The first-order chi connectivity index (χ1) is 15.0. The van der Waals surface area contributed by atoms with E-state index < -0.39 is 0 Å². The smallest absolute Gasteiger partial charge is 0.250 e. The van der Waals surface area contributed by atoms with E-state index in [2.05, 4.69) is 66.4 Å². The molecule has 0 spiro atoms. The van der Waals surface area contributed by atoms with Crippen molar-refractivity contribution in [2.24, 2.45) is 11.8 Å². The predicted octanol–water partition coefficient (Wildman–Crippen LogP) is 6.82. The number of aryl methyl sites for hydroxylation is 1. The molecule has 1 heterocycles. The lowest BCUT2D eigenvalue weighted by molar-refractivity contribution is 0.159. The predicted molar refractivity (Wildman–Crippen MR) is 127 cm³/mol. The summed E-state index contributed by atoms with van der Waals surface area (Å²) in [5.41, 5.74) is 3.55. The molecule has 3 aromatic rings. The first-order valence-corrected chi connectivity index (χ1v) is 11.4. The zero-order valence-corrected chi connectivity index (χ0v) is 19.2. The van der Waals surface area contributed by atoms with Crippen LogP contribution in [0.3, 0.4) is 0 Å². The summed E-state index contributed by atoms with van der Waals surface area (Å²) < 4.78 is 5.43. The van der Waals surface area contributed by atoms with Crippen LogP contribution in [0.25, 0.3) is 17.5 Å². The van der Waals surface area contributed by atoms with Gasteiger partial charge >= 0.3 is 0 Å². The van der Waals surface area contributed by atoms with Crippen LogP contribution in [0.1, 0.15) is 48.7 Å². The van der Waals surface area contributed by atoms with E-state index in [1.807, 2.05) is 30.3 Å². The third-order valence-electron chi connectivity index (χ3n) is 6.29. The van der Waals surface area contributed by atoms with Gasteiger partial charge in [0.2, 0.25) is 5.82 Å². The molecule has 5 heteroatoms. The van der Waals surface area contributed by atoms with Crippen molar-refractivity contribution in [1.29, 1.82) is 0 Å². The Morgan fingerprint density at radius 3 is 2.32 bits per heavy atom. The van der Waals surface area contributed by atoms with Gasteiger partial charge in [-0.2, -0.15) is 4.98 Å². The van der Waals surface area contributed by atoms with Crippen LogP contribution in [-0.4, -0.2) is 29.1 Å². The highest BCUT2D eigenvalue weighted by molar-refractivity contribution is 6.30. The van der Waals surface area contributed by atoms with Gasteiger partial charge in [0.1, 0.15) is 0 Å². The van der Waals surface area contributed by atoms with Crippen LogP contribution in [0.4, 0.5) is 0 Å². The number of hydrogen-bond acceptors (Lipinski definition) is 4. The molecule has 2 aromatic carbocycles. The molecule has 1 atom stereocenters. The molecule has 1 aliphatic rings. The monoisotopic (exact) mass is 435 g/mol. The van der Waals surface area contributed by atoms with E-state index in [0.29, 0.717) is 29.6 Å². The van der Waals surface area contributed by atoms with Crippen LogP contribution in [0.2, 0.25) is 5.02 Å². The molecule has 0 bridgehead atoms. The van der Waals surface area contributed by atoms with Crippen LogP contribution < -0.4 is 0 Å². The number of aromatic nitrogens is 2. The Labute approximate surface area is 189 Å². The summed E-state index contributed by atoms with van der Waals surface area (Å²) >= 11 is 6.09. The molecule has 0 amide bonds. The Kier molecular flexibility index (Phi) is 6.89. The lowest BCUT2D eigenvalue weighted by Crippen LogP contribution is -2.30. The molecule has 1 fully saturated rings. The van der Waals surface area contributed by atoms with Crippen LogP contribution >= 0.6 is 11.6 Å². The Balaban J connectivity index is 1.36. The van der Waals surface area contributed by atoms with Crippen molar-refractivity contribution < 1.29 is 4.52 Å². The van der Waals surface area contributed by atoms with Crippen molar-refractivity contribution in [2.45, 2.75) is 38.6 Å². The summed E-state index contributed by atoms with van der Waals surface area (Å²) in [5.74, 6) is 2.42. The maximum absolute atomic E-state index is 6.09. The van der Waals surface area contributed by atoms with Gasteiger partial charge in [0.25, 0.3) is 5.89 Å². The van der Waals surface area contributed by atoms with Gasteiger partial charge in [0.15, 0.2) is 0 Å². The molecule has 31 heavy (non-hydrogen) atoms. The number of benzene rings is 2. The molecule has 0 radical (unpaired) electrons. The second kappa shape index (κ2) is 9.80. The minimum Gasteiger partial charge on any atom is -0.334 e. The van der Waals surface area contributed by atoms with Gasteiger partial charge in [-0.15, -0.1) is 0 Å². The number of allylic oxidation sites excluding steroid dienone is 1. The molecule has 162 valence electrons. The van der Waals surface area contributed by atoms with E-state index in [1.165, 1.54) is 36.8 Å². The second-order valence-corrected chi connectivity index (χ2v) is 9.25. The Morgan fingerprint density at radius 2 is 1.68 bits per heavy atom. The second-order valence-electron chi connectivity index (χ2n) is 8.82. The van der Waals surface area contributed by atoms with Crippen LogP contribution in [0.5, 0.6) is 0 Å². The zero-order valence-electron chi connectivity index (χ0n) is 18.5. The molecule has 1 aliphatic carbocycles. The van der Waals surface area contributed by atoms with Crippen molar-refractivity contribution in [2.75, 3.05) is 14.1 Å². The van der Waals surface area contributed by atoms with Crippen molar-refractivity contribution >= 4 is 17.7 Å². The van der Waals surface area contributed by atoms with E-state index in [4.69, 9.17) is 16.1 Å². The fourth-order valence-corrected chi connectivity index (χ4v) is 4.77. The van der Waals surface area contributed by atoms with E-state index in [9.17, 15) is 0 Å². The van der Waals surface area contributed by atoms with Crippen molar-refractivity contribution in [3.05, 3.63) is 76.6 Å². The first kappa shape index (κ1) is 21.8. The highest BCUT2D eigenvalue weighted by Gasteiger charge is 2.29. The van der Waals surface area contributed by atoms with Gasteiger partial charge in [-0.05, 0) is 82.3 Å². The van der Waals surface area contributed by atoms with E-state index in [0.717, 1.165) is 10.6 Å². The molecule has 0 N–H and O–H groups in total. The molecule has 1 aromatic heterocycles. The summed E-state index contributed by atoms with van der Waals surface area (Å²) in [4.78, 5) is 6.87. The lowest BCUT2D eigenvalue weighted by atomic mass is 9.76. The molecular formula is C26H30ClN3O. The summed E-state index contributed by atoms with van der Waals surface area (Å²) in [6.45, 7) is 2.07. The number of nitrogens with zero attached hydrogens (tertiary/aromatic N) is 3. The summed E-state index contributed by atoms with van der Waals surface area (Å²) in [7, 11) is 4.35. The van der Waals surface area contributed by atoms with Gasteiger partial charge in [-0.25, -0.2) is 0 Å². The molecule has 0 saturated heterocycles. The van der Waals surface area contributed by atoms with Crippen molar-refractivity contribution in [3.63, 3.8) is 0 Å². The van der Waals surface area contributed by atoms with Crippen molar-refractivity contribution in [1.82, 2.24) is 15.0 Å². The van der Waals surface area contributed by atoms with Gasteiger partial charge in [0, 0.05) is 16.6 Å². The largest absolute Gasteiger partial charge is 0.334 e. The SMILES string of the molecule is Cc1ccc(-c2noc(C=CC3CCC(C(c4ccc(Cl)cc4)N(C)C)CC3)n2)cc1. The molecule has 1 saturated carbocycles. The number of halogens is 1. The molecule has 4 nitrogen and oxygen atoms in total. The van der Waals surface area contributed by atoms with Gasteiger partial charge in [-0.3, -0.25) is 0 Å². The quantitative estimate of drug-likeness (QED) is 0.426. The highest BCUT2D eigenvalue weighted by atomic mass is 35.5. The maximum atomic E-state index is 6.09. The molecular weight excluding hydrogens is 406 g/mol. The van der Waals surface area contributed by atoms with E-state index >= 15 is 0 Å². The van der Waals surface area contributed by atoms with Gasteiger partial charge in [0.05, 0.1) is 0 Å². The van der Waals surface area contributed by atoms with Crippen molar-refractivity contribution in [3.8, 4) is 11.4 Å². The average Bonchev–Trinajstić information content (AvgIpc) is 3.24. The van der Waals surface area contributed by atoms with Gasteiger partial charge < -0.3 is 9.42 Å². The van der Waals surface area contributed by atoms with Crippen LogP contribution in [0.15, 0.2) is 59.1 Å². The first-order valence-electron chi connectivity index (χ1n) is 11.0. The normalized spacial score (nSPS) is 20.4. The average molecular weight is 436 g/mol. The van der Waals surface area contributed by atoms with Gasteiger partial charge in [-0.1, -0.05) is 64.8 Å². The summed E-state index contributed by atoms with van der Waals surface area (Å²) in [6, 6.07) is 16.9. The zero-order chi connectivity index (χ0) is 21.8. The Hall–Kier alpha value is -2.43.